The van der Waals surface area contributed by atoms with Gasteiger partial charge in [-0.05, 0) is 17.7 Å². The van der Waals surface area contributed by atoms with Gasteiger partial charge in [0, 0.05) is 0 Å². The molecule has 72 valence electrons. The van der Waals surface area contributed by atoms with Crippen LogP contribution in [0.15, 0.2) is 30.8 Å². The number of benzene rings is 1. The van der Waals surface area contributed by atoms with Crippen LogP contribution in [0.5, 0.6) is 5.75 Å². The largest absolute Gasteiger partial charge is 0.508 e. The third-order valence-electron chi connectivity index (χ3n) is 1.63. The van der Waals surface area contributed by atoms with Crippen LogP contribution in [-0.2, 0) is 0 Å². The molecule has 0 aromatic heterocycles. The lowest BCUT2D eigenvalue weighted by Gasteiger charge is -1.90. The fraction of sp³-hybridized carbons (Fsp3) is 0.333. The van der Waals surface area contributed by atoms with E-state index in [1.807, 2.05) is 12.1 Å². The average Bonchev–Trinajstić information content (AvgIpc) is 2.19. The maximum atomic E-state index is 8.82. The van der Waals surface area contributed by atoms with Crippen molar-refractivity contribution in [2.45, 2.75) is 26.7 Å². The Kier molecular flexibility index (Phi) is 6.70. The summed E-state index contributed by atoms with van der Waals surface area (Å²) in [6.07, 6.45) is 4.37. The van der Waals surface area contributed by atoms with Crippen molar-refractivity contribution in [3.8, 4) is 5.75 Å². The van der Waals surface area contributed by atoms with Crippen molar-refractivity contribution in [3.05, 3.63) is 36.4 Å². The van der Waals surface area contributed by atoms with Crippen LogP contribution < -0.4 is 0 Å². The van der Waals surface area contributed by atoms with Gasteiger partial charge in [0.05, 0.1) is 0 Å². The maximum Gasteiger partial charge on any atom is 0.115 e. The highest BCUT2D eigenvalue weighted by molar-refractivity contribution is 5.47. The lowest BCUT2D eigenvalue weighted by Crippen LogP contribution is -1.67. The van der Waals surface area contributed by atoms with Crippen molar-refractivity contribution in [1.82, 2.24) is 0 Å². The van der Waals surface area contributed by atoms with Gasteiger partial charge in [0.2, 0.25) is 0 Å². The molecule has 0 fully saturated rings. The van der Waals surface area contributed by atoms with Crippen LogP contribution in [0.25, 0.3) is 6.08 Å². The Morgan fingerprint density at radius 2 is 1.62 bits per heavy atom. The van der Waals surface area contributed by atoms with Gasteiger partial charge < -0.3 is 5.11 Å². The van der Waals surface area contributed by atoms with E-state index in [1.54, 1.807) is 18.2 Å². The topological polar surface area (TPSA) is 20.2 Å². The first kappa shape index (κ1) is 11.8. The van der Waals surface area contributed by atoms with Gasteiger partial charge in [-0.25, -0.2) is 0 Å². The Bertz CT molecular complexity index is 221. The summed E-state index contributed by atoms with van der Waals surface area (Å²) in [6.45, 7) is 7.94. The molecule has 1 N–H and O–H groups in total. The lowest BCUT2D eigenvalue weighted by atomic mass is 10.2. The van der Waals surface area contributed by atoms with Crippen LogP contribution >= 0.6 is 0 Å². The van der Waals surface area contributed by atoms with E-state index in [2.05, 4.69) is 20.4 Å². The number of aromatic hydroxyl groups is 1. The molecule has 0 aliphatic rings. The standard InChI is InChI=1S/C8H8O.C4H10/c1-2-7-3-5-8(9)6-4-7;1-3-4-2/h2-6,9H,1H2;3-4H2,1-2H3. The van der Waals surface area contributed by atoms with Crippen molar-refractivity contribution >= 4 is 6.08 Å². The summed E-state index contributed by atoms with van der Waals surface area (Å²) in [6, 6.07) is 6.89. The van der Waals surface area contributed by atoms with Crippen molar-refractivity contribution in [2.24, 2.45) is 0 Å². The van der Waals surface area contributed by atoms with E-state index in [0.717, 1.165) is 5.56 Å². The van der Waals surface area contributed by atoms with E-state index in [4.69, 9.17) is 5.11 Å². The minimum atomic E-state index is 0.292. The summed E-state index contributed by atoms with van der Waals surface area (Å²) in [5.41, 5.74) is 1.02. The fourth-order valence-corrected chi connectivity index (χ4v) is 0.610. The molecule has 0 saturated carbocycles. The third-order valence-corrected chi connectivity index (χ3v) is 1.63. The highest BCUT2D eigenvalue weighted by Gasteiger charge is 1.84. The molecule has 0 spiro atoms. The summed E-state index contributed by atoms with van der Waals surface area (Å²) < 4.78 is 0. The first-order chi connectivity index (χ1) is 6.24. The molecule has 1 rings (SSSR count). The lowest BCUT2D eigenvalue weighted by molar-refractivity contribution is 0.475. The van der Waals surface area contributed by atoms with Gasteiger partial charge in [-0.2, -0.15) is 0 Å². The summed E-state index contributed by atoms with van der Waals surface area (Å²) in [7, 11) is 0. The van der Waals surface area contributed by atoms with Crippen LogP contribution in [0.3, 0.4) is 0 Å². The Labute approximate surface area is 80.7 Å². The van der Waals surface area contributed by atoms with E-state index < -0.39 is 0 Å². The quantitative estimate of drug-likeness (QED) is 0.729. The Morgan fingerprint density at radius 1 is 1.15 bits per heavy atom. The molecule has 1 aromatic rings. The molecule has 1 aromatic carbocycles. The first-order valence-electron chi connectivity index (χ1n) is 4.66. The second-order valence-corrected chi connectivity index (χ2v) is 2.80. The van der Waals surface area contributed by atoms with E-state index in [1.165, 1.54) is 12.8 Å². The van der Waals surface area contributed by atoms with Crippen LogP contribution in [0.2, 0.25) is 0 Å². The van der Waals surface area contributed by atoms with Crippen LogP contribution in [-0.4, -0.2) is 5.11 Å². The molecular weight excluding hydrogens is 160 g/mol. The molecule has 0 saturated heterocycles. The number of rotatable bonds is 2. The zero-order valence-corrected chi connectivity index (χ0v) is 8.46. The normalized spacial score (nSPS) is 8.46. The third kappa shape index (κ3) is 5.97. The number of hydrogen-bond acceptors (Lipinski definition) is 1. The monoisotopic (exact) mass is 178 g/mol. The molecule has 0 unspecified atom stereocenters. The maximum absolute atomic E-state index is 8.82. The van der Waals surface area contributed by atoms with E-state index >= 15 is 0 Å². The molecule has 0 radical (unpaired) electrons. The van der Waals surface area contributed by atoms with Crippen molar-refractivity contribution in [1.29, 1.82) is 0 Å². The highest BCUT2D eigenvalue weighted by Crippen LogP contribution is 2.09. The Morgan fingerprint density at radius 3 is 1.92 bits per heavy atom. The molecule has 13 heavy (non-hydrogen) atoms. The van der Waals surface area contributed by atoms with Crippen LogP contribution in [0.1, 0.15) is 32.3 Å². The van der Waals surface area contributed by atoms with Crippen LogP contribution in [0, 0.1) is 0 Å². The van der Waals surface area contributed by atoms with Crippen molar-refractivity contribution < 1.29 is 5.11 Å². The van der Waals surface area contributed by atoms with E-state index in [-0.39, 0.29) is 0 Å². The van der Waals surface area contributed by atoms with Gasteiger partial charge >= 0.3 is 0 Å². The second-order valence-electron chi connectivity index (χ2n) is 2.80. The Hall–Kier alpha value is -1.24. The molecule has 0 bridgehead atoms. The summed E-state index contributed by atoms with van der Waals surface area (Å²) >= 11 is 0. The zero-order valence-electron chi connectivity index (χ0n) is 8.46. The molecule has 1 nitrogen and oxygen atoms in total. The molecule has 0 heterocycles. The summed E-state index contributed by atoms with van der Waals surface area (Å²) in [4.78, 5) is 0. The first-order valence-corrected chi connectivity index (χ1v) is 4.66. The SMILES string of the molecule is C=Cc1ccc(O)cc1.CCCC. The number of phenols is 1. The predicted octanol–water partition coefficient (Wildman–Crippen LogP) is 3.84. The zero-order chi connectivity index (χ0) is 10.1. The van der Waals surface area contributed by atoms with Gasteiger partial charge in [0.25, 0.3) is 0 Å². The molecule has 1 heteroatoms. The molecule has 0 aliphatic carbocycles. The van der Waals surface area contributed by atoms with Crippen LogP contribution in [0.4, 0.5) is 0 Å². The van der Waals surface area contributed by atoms with Gasteiger partial charge in [0.15, 0.2) is 0 Å². The van der Waals surface area contributed by atoms with Gasteiger partial charge in [-0.3, -0.25) is 0 Å². The summed E-state index contributed by atoms with van der Waals surface area (Å²) in [5, 5.41) is 8.82. The minimum absolute atomic E-state index is 0.292. The molecule has 0 atom stereocenters. The smallest absolute Gasteiger partial charge is 0.115 e. The number of phenolic OH excluding ortho intramolecular Hbond substituents is 1. The second kappa shape index (κ2) is 7.41. The number of unbranched alkanes of at least 4 members (excludes halogenated alkanes) is 1. The van der Waals surface area contributed by atoms with Crippen molar-refractivity contribution in [2.75, 3.05) is 0 Å². The van der Waals surface area contributed by atoms with E-state index in [0.29, 0.717) is 5.75 Å². The minimum Gasteiger partial charge on any atom is -0.508 e. The van der Waals surface area contributed by atoms with Gasteiger partial charge in [-0.1, -0.05) is 51.5 Å². The van der Waals surface area contributed by atoms with Gasteiger partial charge in [-0.15, -0.1) is 0 Å². The highest BCUT2D eigenvalue weighted by atomic mass is 16.3. The summed E-state index contributed by atoms with van der Waals surface area (Å²) in [5.74, 6) is 0.292. The Balaban J connectivity index is 0.000000310. The number of hydrogen-bond donors (Lipinski definition) is 1. The molecule has 0 amide bonds. The molecular formula is C12H18O. The predicted molar refractivity (Wildman–Crippen MR) is 58.8 cm³/mol. The average molecular weight is 178 g/mol. The van der Waals surface area contributed by atoms with E-state index in [9.17, 15) is 0 Å². The molecule has 0 aliphatic heterocycles. The van der Waals surface area contributed by atoms with Gasteiger partial charge in [0.1, 0.15) is 5.75 Å². The van der Waals surface area contributed by atoms with Crippen molar-refractivity contribution in [3.63, 3.8) is 0 Å². The fourth-order valence-electron chi connectivity index (χ4n) is 0.610.